The monoisotopic (exact) mass is 452 g/mol. The Labute approximate surface area is 193 Å². The first-order valence-electron chi connectivity index (χ1n) is 10.2. The Kier molecular flexibility index (Phi) is 6.58. The van der Waals surface area contributed by atoms with Gasteiger partial charge in [0.05, 0.1) is 28.4 Å². The molecule has 5 rings (SSSR count). The normalized spacial score (nSPS) is 10.3. The molecule has 1 aromatic heterocycles. The lowest BCUT2D eigenvalue weighted by atomic mass is 10.1. The molecule has 0 unspecified atom stereocenters. The summed E-state index contributed by atoms with van der Waals surface area (Å²) >= 11 is 0. The molecule has 0 atom stereocenters. The molecule has 0 bridgehead atoms. The van der Waals surface area contributed by atoms with Crippen LogP contribution in [-0.4, -0.2) is 18.0 Å². The number of nitriles is 1. The number of fused-ring (bicyclic) bond motifs is 2. The summed E-state index contributed by atoms with van der Waals surface area (Å²) in [7, 11) is -0.565. The van der Waals surface area contributed by atoms with Gasteiger partial charge in [0.2, 0.25) is 0 Å². The first-order valence-corrected chi connectivity index (χ1v) is 11.3. The number of aromatic nitrogens is 2. The lowest BCUT2D eigenvalue weighted by Crippen LogP contribution is -1.99. The van der Waals surface area contributed by atoms with Crippen LogP contribution in [0.4, 0.5) is 5.69 Å². The predicted molar refractivity (Wildman–Crippen MR) is 130 cm³/mol. The van der Waals surface area contributed by atoms with Crippen molar-refractivity contribution in [2.75, 3.05) is 0 Å². The fraction of sp³-hybridized carbons (Fsp3) is 0.0769. The van der Waals surface area contributed by atoms with Crippen LogP contribution in [0.3, 0.4) is 0 Å². The SMILES string of the molecule is Cn1c(Cc2ccc(C#N)cc2)nc2cc(N=S(=O)=O)ccc21.c1ccc2ccccc2c1. The summed E-state index contributed by atoms with van der Waals surface area (Å²) in [6, 6.07) is 31.3. The highest BCUT2D eigenvalue weighted by Crippen LogP contribution is 2.22. The fourth-order valence-electron chi connectivity index (χ4n) is 3.55. The Bertz CT molecular complexity index is 1540. The van der Waals surface area contributed by atoms with Gasteiger partial charge in [0.15, 0.2) is 0 Å². The summed E-state index contributed by atoms with van der Waals surface area (Å²) in [5.74, 6) is 0.852. The van der Waals surface area contributed by atoms with Crippen molar-refractivity contribution in [3.8, 4) is 6.07 Å². The summed E-state index contributed by atoms with van der Waals surface area (Å²) in [6.07, 6.45) is 0.622. The lowest BCUT2D eigenvalue weighted by Gasteiger charge is -2.03. The van der Waals surface area contributed by atoms with Gasteiger partial charge in [-0.2, -0.15) is 13.7 Å². The van der Waals surface area contributed by atoms with Gasteiger partial charge in [-0.3, -0.25) is 0 Å². The van der Waals surface area contributed by atoms with Gasteiger partial charge in [-0.15, -0.1) is 4.36 Å². The zero-order valence-electron chi connectivity index (χ0n) is 17.9. The van der Waals surface area contributed by atoms with E-state index in [9.17, 15) is 8.42 Å². The molecule has 6 nitrogen and oxygen atoms in total. The van der Waals surface area contributed by atoms with Gasteiger partial charge in [-0.1, -0.05) is 60.7 Å². The molecule has 0 amide bonds. The van der Waals surface area contributed by atoms with E-state index in [-0.39, 0.29) is 0 Å². The Hall–Kier alpha value is -4.28. The number of hydrogen-bond donors (Lipinski definition) is 0. The number of hydrogen-bond acceptors (Lipinski definition) is 5. The van der Waals surface area contributed by atoms with Crippen LogP contribution in [0.1, 0.15) is 17.0 Å². The number of rotatable bonds is 3. The van der Waals surface area contributed by atoms with E-state index in [0.29, 0.717) is 23.2 Å². The number of nitrogens with zero attached hydrogens (tertiary/aromatic N) is 4. The first kappa shape index (κ1) is 21.9. The minimum absolute atomic E-state index is 0.355. The van der Waals surface area contributed by atoms with Gasteiger partial charge in [-0.05, 0) is 46.7 Å². The van der Waals surface area contributed by atoms with E-state index in [1.165, 1.54) is 10.8 Å². The third kappa shape index (κ3) is 5.32. The number of aryl methyl sites for hydroxylation is 1. The molecule has 162 valence electrons. The summed E-state index contributed by atoms with van der Waals surface area (Å²) in [6.45, 7) is 0. The maximum Gasteiger partial charge on any atom is 0.316 e. The molecule has 0 radical (unpaired) electrons. The van der Waals surface area contributed by atoms with Crippen molar-refractivity contribution in [1.29, 1.82) is 5.26 Å². The highest BCUT2D eigenvalue weighted by Gasteiger charge is 2.09. The Morgan fingerprint density at radius 1 is 0.909 bits per heavy atom. The van der Waals surface area contributed by atoms with Crippen molar-refractivity contribution in [1.82, 2.24) is 9.55 Å². The second-order valence-electron chi connectivity index (χ2n) is 7.40. The summed E-state index contributed by atoms with van der Waals surface area (Å²) in [4.78, 5) is 4.56. The molecule has 0 saturated heterocycles. The van der Waals surface area contributed by atoms with Crippen LogP contribution in [0.5, 0.6) is 0 Å². The first-order chi connectivity index (χ1) is 16.0. The molecule has 0 spiro atoms. The largest absolute Gasteiger partial charge is 0.331 e. The van der Waals surface area contributed by atoms with Crippen molar-refractivity contribution in [2.45, 2.75) is 6.42 Å². The zero-order chi connectivity index (χ0) is 23.2. The van der Waals surface area contributed by atoms with Gasteiger partial charge in [0.1, 0.15) is 5.82 Å². The molecule has 0 aliphatic rings. The molecule has 4 aromatic carbocycles. The average molecular weight is 453 g/mol. The molecule has 0 aliphatic carbocycles. The fourth-order valence-corrected chi connectivity index (χ4v) is 3.84. The van der Waals surface area contributed by atoms with Crippen LogP contribution >= 0.6 is 0 Å². The van der Waals surface area contributed by atoms with E-state index in [0.717, 1.165) is 16.9 Å². The van der Waals surface area contributed by atoms with Crippen LogP contribution in [0.25, 0.3) is 21.8 Å². The van der Waals surface area contributed by atoms with Crippen LogP contribution in [0.15, 0.2) is 95.4 Å². The second kappa shape index (κ2) is 9.90. The van der Waals surface area contributed by atoms with Gasteiger partial charge in [-0.25, -0.2) is 4.98 Å². The molecule has 7 heteroatoms. The summed E-state index contributed by atoms with van der Waals surface area (Å²) in [5, 5.41) is 11.4. The predicted octanol–water partition coefficient (Wildman–Crippen LogP) is 5.57. The summed E-state index contributed by atoms with van der Waals surface area (Å²) in [5.41, 5.74) is 3.63. The molecule has 33 heavy (non-hydrogen) atoms. The highest BCUT2D eigenvalue weighted by atomic mass is 32.2. The highest BCUT2D eigenvalue weighted by molar-refractivity contribution is 7.61. The minimum atomic E-state index is -2.48. The Morgan fingerprint density at radius 2 is 1.52 bits per heavy atom. The lowest BCUT2D eigenvalue weighted by molar-refractivity contribution is 0.622. The number of imidazole rings is 1. The third-order valence-corrected chi connectivity index (χ3v) is 5.60. The second-order valence-corrected chi connectivity index (χ2v) is 8.02. The van der Waals surface area contributed by atoms with Crippen LogP contribution in [0.2, 0.25) is 0 Å². The van der Waals surface area contributed by atoms with Gasteiger partial charge in [0, 0.05) is 13.5 Å². The molecular weight excluding hydrogens is 432 g/mol. The maximum absolute atomic E-state index is 10.7. The van der Waals surface area contributed by atoms with E-state index >= 15 is 0 Å². The molecule has 1 heterocycles. The van der Waals surface area contributed by atoms with Crippen LogP contribution in [0, 0.1) is 11.3 Å². The Morgan fingerprint density at radius 3 is 2.06 bits per heavy atom. The van der Waals surface area contributed by atoms with Crippen molar-refractivity contribution in [3.63, 3.8) is 0 Å². The molecule has 0 fully saturated rings. The van der Waals surface area contributed by atoms with Crippen molar-refractivity contribution in [2.24, 2.45) is 11.4 Å². The van der Waals surface area contributed by atoms with Crippen LogP contribution in [-0.2, 0) is 24.0 Å². The quantitative estimate of drug-likeness (QED) is 0.358. The average Bonchev–Trinajstić information content (AvgIpc) is 3.14. The third-order valence-electron chi connectivity index (χ3n) is 5.24. The van der Waals surface area contributed by atoms with E-state index in [4.69, 9.17) is 5.26 Å². The molecular formula is C26H20N4O2S. The van der Waals surface area contributed by atoms with E-state index < -0.39 is 10.5 Å². The van der Waals surface area contributed by atoms with Crippen molar-refractivity contribution < 1.29 is 8.42 Å². The van der Waals surface area contributed by atoms with E-state index in [1.807, 2.05) is 23.7 Å². The molecule has 0 saturated carbocycles. The minimum Gasteiger partial charge on any atom is -0.331 e. The van der Waals surface area contributed by atoms with E-state index in [1.54, 1.807) is 30.3 Å². The van der Waals surface area contributed by atoms with Gasteiger partial charge in [0.25, 0.3) is 0 Å². The smallest absolute Gasteiger partial charge is 0.316 e. The van der Waals surface area contributed by atoms with Crippen molar-refractivity contribution >= 4 is 38.0 Å². The van der Waals surface area contributed by atoms with Crippen LogP contribution < -0.4 is 0 Å². The standard InChI is InChI=1S/C16H12N4O2S.C10H8/c1-20-15-7-6-13(19-23(21)22)9-14(15)18-16(20)8-11-2-4-12(10-17)5-3-11;1-2-6-10-8-4-3-7-9(10)5-1/h2-7,9H,8H2,1H3;1-8H. The van der Waals surface area contributed by atoms with Gasteiger partial charge < -0.3 is 4.57 Å². The Balaban J connectivity index is 0.000000214. The molecule has 0 aliphatic heterocycles. The van der Waals surface area contributed by atoms with Crippen molar-refractivity contribution in [3.05, 3.63) is 108 Å². The zero-order valence-corrected chi connectivity index (χ0v) is 18.7. The molecule has 0 N–H and O–H groups in total. The number of benzene rings is 4. The van der Waals surface area contributed by atoms with Gasteiger partial charge >= 0.3 is 10.5 Å². The van der Waals surface area contributed by atoms with E-state index in [2.05, 4.69) is 63.9 Å². The maximum atomic E-state index is 10.7. The molecule has 5 aromatic rings. The summed E-state index contributed by atoms with van der Waals surface area (Å²) < 4.78 is 26.8. The topological polar surface area (TPSA) is 88.1 Å².